The average Bonchev–Trinajstić information content (AvgIpc) is 2.39. The molecule has 2 N–H and O–H groups in total. The molecule has 1 rings (SSSR count). The van der Waals surface area contributed by atoms with Crippen molar-refractivity contribution in [2.24, 2.45) is 0 Å². The highest BCUT2D eigenvalue weighted by atomic mass is 16.5. The summed E-state index contributed by atoms with van der Waals surface area (Å²) < 4.78 is 4.95. The van der Waals surface area contributed by atoms with Gasteiger partial charge in [0.2, 0.25) is 0 Å². The van der Waals surface area contributed by atoms with Gasteiger partial charge in [-0.3, -0.25) is 0 Å². The van der Waals surface area contributed by atoms with Gasteiger partial charge in [0.1, 0.15) is 0 Å². The van der Waals surface area contributed by atoms with Crippen LogP contribution in [0.1, 0.15) is 36.9 Å². The number of rotatable bonds is 7. The van der Waals surface area contributed by atoms with E-state index in [1.165, 1.54) is 5.56 Å². The number of carbonyl (C=O) groups excluding carboxylic acids is 1. The first-order chi connectivity index (χ1) is 9.13. The van der Waals surface area contributed by atoms with Gasteiger partial charge in [0.05, 0.1) is 6.04 Å². The summed E-state index contributed by atoms with van der Waals surface area (Å²) in [5.74, 6) is 0. The van der Waals surface area contributed by atoms with E-state index < -0.39 is 0 Å². The Bertz CT molecular complexity index is 376. The van der Waals surface area contributed by atoms with E-state index in [0.717, 1.165) is 25.0 Å². The zero-order chi connectivity index (χ0) is 14.1. The van der Waals surface area contributed by atoms with Crippen LogP contribution in [0.3, 0.4) is 0 Å². The van der Waals surface area contributed by atoms with Gasteiger partial charge in [-0.25, -0.2) is 4.79 Å². The lowest BCUT2D eigenvalue weighted by Gasteiger charge is -2.15. The van der Waals surface area contributed by atoms with E-state index in [4.69, 9.17) is 4.74 Å². The number of carbonyl (C=O) groups is 1. The fourth-order valence-electron chi connectivity index (χ4n) is 1.76. The highest BCUT2D eigenvalue weighted by Crippen LogP contribution is 2.12. The van der Waals surface area contributed by atoms with Crippen LogP contribution >= 0.6 is 0 Å². The first kappa shape index (κ1) is 15.5. The maximum atomic E-state index is 11.7. The van der Waals surface area contributed by atoms with Gasteiger partial charge in [-0.2, -0.15) is 0 Å². The van der Waals surface area contributed by atoms with E-state index in [9.17, 15) is 4.79 Å². The molecule has 0 radical (unpaired) electrons. The SMILES string of the molecule is COCCCCNC(=O)N[C@@H](C)c1ccc(C)cc1. The van der Waals surface area contributed by atoms with Crippen molar-refractivity contribution in [3.05, 3.63) is 35.4 Å². The van der Waals surface area contributed by atoms with E-state index in [2.05, 4.69) is 29.7 Å². The second-order valence-electron chi connectivity index (χ2n) is 4.73. The summed E-state index contributed by atoms with van der Waals surface area (Å²) in [5, 5.41) is 5.77. The molecule has 19 heavy (non-hydrogen) atoms. The Morgan fingerprint density at radius 1 is 1.26 bits per heavy atom. The zero-order valence-corrected chi connectivity index (χ0v) is 12.0. The molecule has 0 unspecified atom stereocenters. The lowest BCUT2D eigenvalue weighted by molar-refractivity contribution is 0.192. The Labute approximate surface area is 115 Å². The van der Waals surface area contributed by atoms with Gasteiger partial charge in [-0.05, 0) is 32.3 Å². The van der Waals surface area contributed by atoms with Crippen molar-refractivity contribution in [1.29, 1.82) is 0 Å². The van der Waals surface area contributed by atoms with Crippen molar-refractivity contribution >= 4 is 6.03 Å². The lowest BCUT2D eigenvalue weighted by atomic mass is 10.1. The largest absolute Gasteiger partial charge is 0.385 e. The van der Waals surface area contributed by atoms with Crippen LogP contribution in [0.5, 0.6) is 0 Å². The maximum absolute atomic E-state index is 11.7. The van der Waals surface area contributed by atoms with Crippen LogP contribution in [0.4, 0.5) is 4.79 Å². The minimum absolute atomic E-state index is 0.0135. The average molecular weight is 264 g/mol. The monoisotopic (exact) mass is 264 g/mol. The van der Waals surface area contributed by atoms with Gasteiger partial charge in [0.15, 0.2) is 0 Å². The molecule has 0 fully saturated rings. The van der Waals surface area contributed by atoms with Crippen LogP contribution in [-0.4, -0.2) is 26.3 Å². The fraction of sp³-hybridized carbons (Fsp3) is 0.533. The van der Waals surface area contributed by atoms with E-state index in [1.54, 1.807) is 7.11 Å². The summed E-state index contributed by atoms with van der Waals surface area (Å²) >= 11 is 0. The number of ether oxygens (including phenoxy) is 1. The second kappa shape index (κ2) is 8.53. The van der Waals surface area contributed by atoms with Crippen molar-refractivity contribution < 1.29 is 9.53 Å². The number of benzene rings is 1. The zero-order valence-electron chi connectivity index (χ0n) is 12.0. The third-order valence-corrected chi connectivity index (χ3v) is 2.99. The highest BCUT2D eigenvalue weighted by Gasteiger charge is 2.08. The molecule has 0 aliphatic heterocycles. The van der Waals surface area contributed by atoms with E-state index in [1.807, 2.05) is 19.1 Å². The molecule has 0 saturated carbocycles. The number of nitrogens with one attached hydrogen (secondary N) is 2. The summed E-state index contributed by atoms with van der Waals surface area (Å²) in [5.41, 5.74) is 2.33. The molecule has 0 spiro atoms. The van der Waals surface area contributed by atoms with Crippen LogP contribution in [0.2, 0.25) is 0 Å². The molecule has 0 aliphatic rings. The van der Waals surface area contributed by atoms with E-state index in [0.29, 0.717) is 6.54 Å². The molecule has 4 nitrogen and oxygen atoms in total. The normalized spacial score (nSPS) is 11.9. The van der Waals surface area contributed by atoms with Gasteiger partial charge < -0.3 is 15.4 Å². The lowest BCUT2D eigenvalue weighted by Crippen LogP contribution is -2.37. The number of hydrogen-bond donors (Lipinski definition) is 2. The van der Waals surface area contributed by atoms with Crippen LogP contribution in [0, 0.1) is 6.92 Å². The molecule has 106 valence electrons. The molecular formula is C15H24N2O2. The maximum Gasteiger partial charge on any atom is 0.315 e. The number of aryl methyl sites for hydroxylation is 1. The van der Waals surface area contributed by atoms with Crippen molar-refractivity contribution in [1.82, 2.24) is 10.6 Å². The molecule has 4 heteroatoms. The molecule has 1 atom stereocenters. The van der Waals surface area contributed by atoms with E-state index >= 15 is 0 Å². The van der Waals surface area contributed by atoms with Gasteiger partial charge in [0, 0.05) is 20.3 Å². The van der Waals surface area contributed by atoms with Crippen LogP contribution in [0.25, 0.3) is 0 Å². The Morgan fingerprint density at radius 3 is 2.58 bits per heavy atom. The molecule has 0 heterocycles. The Balaban J connectivity index is 2.26. The Morgan fingerprint density at radius 2 is 1.95 bits per heavy atom. The third-order valence-electron chi connectivity index (χ3n) is 2.99. The van der Waals surface area contributed by atoms with Crippen LogP contribution < -0.4 is 10.6 Å². The van der Waals surface area contributed by atoms with Crippen LogP contribution in [-0.2, 0) is 4.74 Å². The first-order valence-corrected chi connectivity index (χ1v) is 6.73. The summed E-state index contributed by atoms with van der Waals surface area (Å²) in [7, 11) is 1.68. The van der Waals surface area contributed by atoms with Crippen LogP contribution in [0.15, 0.2) is 24.3 Å². The van der Waals surface area contributed by atoms with Crippen molar-refractivity contribution in [2.75, 3.05) is 20.3 Å². The van der Waals surface area contributed by atoms with Gasteiger partial charge in [-0.15, -0.1) is 0 Å². The molecule has 1 aromatic rings. The fourth-order valence-corrected chi connectivity index (χ4v) is 1.76. The van der Waals surface area contributed by atoms with Crippen molar-refractivity contribution in [3.63, 3.8) is 0 Å². The Kier molecular flexibility index (Phi) is 6.97. The molecule has 0 bridgehead atoms. The molecule has 0 aromatic heterocycles. The quantitative estimate of drug-likeness (QED) is 0.744. The number of amides is 2. The topological polar surface area (TPSA) is 50.4 Å². The summed E-state index contributed by atoms with van der Waals surface area (Å²) in [4.78, 5) is 11.7. The summed E-state index contributed by atoms with van der Waals surface area (Å²) in [6, 6.07) is 8.08. The van der Waals surface area contributed by atoms with Gasteiger partial charge >= 0.3 is 6.03 Å². The summed E-state index contributed by atoms with van der Waals surface area (Å²) in [6.07, 6.45) is 1.89. The van der Waals surface area contributed by atoms with Crippen molar-refractivity contribution in [3.8, 4) is 0 Å². The minimum atomic E-state index is -0.120. The number of methoxy groups -OCH3 is 1. The van der Waals surface area contributed by atoms with Gasteiger partial charge in [-0.1, -0.05) is 29.8 Å². The number of urea groups is 1. The van der Waals surface area contributed by atoms with Gasteiger partial charge in [0.25, 0.3) is 0 Å². The number of hydrogen-bond acceptors (Lipinski definition) is 2. The van der Waals surface area contributed by atoms with E-state index in [-0.39, 0.29) is 12.1 Å². The minimum Gasteiger partial charge on any atom is -0.385 e. The summed E-state index contributed by atoms with van der Waals surface area (Å²) in [6.45, 7) is 5.45. The second-order valence-corrected chi connectivity index (χ2v) is 4.73. The third kappa shape index (κ3) is 6.25. The predicted molar refractivity (Wildman–Crippen MR) is 77.2 cm³/mol. The molecule has 0 aliphatic carbocycles. The predicted octanol–water partition coefficient (Wildman–Crippen LogP) is 2.78. The molecule has 0 saturated heterocycles. The smallest absolute Gasteiger partial charge is 0.315 e. The molecule has 1 aromatic carbocycles. The molecular weight excluding hydrogens is 240 g/mol. The Hall–Kier alpha value is -1.55. The first-order valence-electron chi connectivity index (χ1n) is 6.73. The standard InChI is InChI=1S/C15H24N2O2/c1-12-6-8-14(9-7-12)13(2)17-15(18)16-10-4-5-11-19-3/h6-9,13H,4-5,10-11H2,1-3H3,(H2,16,17,18)/t13-/m0/s1. The van der Waals surface area contributed by atoms with Crippen molar-refractivity contribution in [2.45, 2.75) is 32.7 Å². The highest BCUT2D eigenvalue weighted by molar-refractivity contribution is 5.74. The number of unbranched alkanes of at least 4 members (excludes halogenated alkanes) is 1. The molecule has 2 amide bonds.